The molecule has 0 aliphatic carbocycles. The zero-order chi connectivity index (χ0) is 17.4. The van der Waals surface area contributed by atoms with Gasteiger partial charge >= 0.3 is 0 Å². The fourth-order valence-electron chi connectivity index (χ4n) is 3.59. The monoisotopic (exact) mass is 373 g/mol. The zero-order valence-corrected chi connectivity index (χ0v) is 15.7. The Labute approximate surface area is 155 Å². The molecule has 1 aromatic carbocycles. The fraction of sp³-hybridized carbons (Fsp3) is 0.368. The Morgan fingerprint density at radius 2 is 2.20 bits per heavy atom. The third kappa shape index (κ3) is 3.36. The molecule has 1 saturated heterocycles. The van der Waals surface area contributed by atoms with E-state index in [-0.39, 0.29) is 5.56 Å². The first-order valence-electron chi connectivity index (χ1n) is 8.59. The van der Waals surface area contributed by atoms with Crippen molar-refractivity contribution in [1.82, 2.24) is 14.9 Å². The molecule has 0 bridgehead atoms. The van der Waals surface area contributed by atoms with E-state index < -0.39 is 0 Å². The van der Waals surface area contributed by atoms with Gasteiger partial charge in [0.15, 0.2) is 0 Å². The predicted octanol–water partition coefficient (Wildman–Crippen LogP) is 4.54. The highest BCUT2D eigenvalue weighted by Crippen LogP contribution is 2.34. The molecule has 3 heterocycles. The minimum Gasteiger partial charge on any atom is -0.309 e. The van der Waals surface area contributed by atoms with Crippen LogP contribution in [0.2, 0.25) is 5.02 Å². The van der Waals surface area contributed by atoms with Crippen molar-refractivity contribution in [3.05, 3.63) is 50.8 Å². The van der Waals surface area contributed by atoms with Crippen molar-refractivity contribution in [3.8, 4) is 11.1 Å². The summed E-state index contributed by atoms with van der Waals surface area (Å²) >= 11 is 7.81. The van der Waals surface area contributed by atoms with E-state index >= 15 is 0 Å². The van der Waals surface area contributed by atoms with E-state index in [4.69, 9.17) is 16.6 Å². The Morgan fingerprint density at radius 1 is 1.36 bits per heavy atom. The van der Waals surface area contributed by atoms with E-state index in [0.717, 1.165) is 34.9 Å². The minimum atomic E-state index is -0.0822. The van der Waals surface area contributed by atoms with E-state index in [0.29, 0.717) is 22.9 Å². The highest BCUT2D eigenvalue weighted by atomic mass is 35.5. The van der Waals surface area contributed by atoms with Gasteiger partial charge < -0.3 is 4.98 Å². The molecule has 0 radical (unpaired) electrons. The lowest BCUT2D eigenvalue weighted by atomic mass is 10.0. The summed E-state index contributed by atoms with van der Waals surface area (Å²) < 4.78 is 0. The average molecular weight is 374 g/mol. The van der Waals surface area contributed by atoms with Crippen LogP contribution >= 0.6 is 22.9 Å². The van der Waals surface area contributed by atoms with Crippen LogP contribution in [0.1, 0.15) is 25.6 Å². The lowest BCUT2D eigenvalue weighted by molar-refractivity contribution is 0.173. The zero-order valence-electron chi connectivity index (χ0n) is 14.1. The molecule has 4 rings (SSSR count). The Kier molecular flexibility index (Phi) is 4.63. The number of likely N-dealkylation sites (tertiary alicyclic amines) is 1. The van der Waals surface area contributed by atoms with Crippen LogP contribution in [0.15, 0.2) is 34.4 Å². The number of aromatic nitrogens is 2. The summed E-state index contributed by atoms with van der Waals surface area (Å²) in [5, 5.41) is 3.25. The van der Waals surface area contributed by atoms with Gasteiger partial charge in [0.1, 0.15) is 10.7 Å². The molecule has 0 saturated carbocycles. The minimum absolute atomic E-state index is 0.0822. The summed E-state index contributed by atoms with van der Waals surface area (Å²) in [6, 6.07) is 7.60. The number of piperidine rings is 1. The van der Waals surface area contributed by atoms with Crippen LogP contribution in [-0.2, 0) is 6.54 Å². The van der Waals surface area contributed by atoms with Crippen molar-refractivity contribution in [2.75, 3.05) is 13.1 Å². The predicted molar refractivity (Wildman–Crippen MR) is 104 cm³/mol. The molecule has 3 aromatic rings. The lowest BCUT2D eigenvalue weighted by Gasteiger charge is -2.30. The van der Waals surface area contributed by atoms with Crippen molar-refractivity contribution >= 4 is 33.2 Å². The first-order valence-corrected chi connectivity index (χ1v) is 9.85. The van der Waals surface area contributed by atoms with Gasteiger partial charge in [-0.15, -0.1) is 11.3 Å². The lowest BCUT2D eigenvalue weighted by Crippen LogP contribution is -2.34. The highest BCUT2D eigenvalue weighted by Gasteiger charge is 2.19. The third-order valence-corrected chi connectivity index (χ3v) is 5.97. The summed E-state index contributed by atoms with van der Waals surface area (Å²) in [5.41, 5.74) is 1.65. The number of hydrogen-bond acceptors (Lipinski definition) is 4. The van der Waals surface area contributed by atoms with Crippen molar-refractivity contribution in [2.24, 2.45) is 5.92 Å². The van der Waals surface area contributed by atoms with E-state index in [1.165, 1.54) is 24.2 Å². The first-order chi connectivity index (χ1) is 12.1. The van der Waals surface area contributed by atoms with Gasteiger partial charge in [-0.1, -0.05) is 36.7 Å². The number of benzene rings is 1. The molecule has 25 heavy (non-hydrogen) atoms. The second kappa shape index (κ2) is 6.90. The van der Waals surface area contributed by atoms with Crippen LogP contribution in [-0.4, -0.2) is 28.0 Å². The van der Waals surface area contributed by atoms with Gasteiger partial charge in [-0.2, -0.15) is 0 Å². The number of hydrogen-bond donors (Lipinski definition) is 1. The number of aromatic amines is 1. The van der Waals surface area contributed by atoms with Crippen LogP contribution in [0, 0.1) is 5.92 Å². The summed E-state index contributed by atoms with van der Waals surface area (Å²) in [6.45, 7) is 5.12. The number of nitrogens with one attached hydrogen (secondary N) is 1. The number of fused-ring (bicyclic) bond motifs is 1. The fourth-order valence-corrected chi connectivity index (χ4v) is 4.78. The standard InChI is InChI=1S/C19H20ClN3OS/c1-12-5-4-8-23(9-12)10-16-21-18(24)17-14(11-25-19(17)22-16)13-6-2-3-7-15(13)20/h2-3,6-7,11-12H,4-5,8-10H2,1H3,(H,21,22,24)/t12-/m1/s1. The highest BCUT2D eigenvalue weighted by molar-refractivity contribution is 7.17. The van der Waals surface area contributed by atoms with E-state index in [9.17, 15) is 4.79 Å². The smallest absolute Gasteiger partial charge is 0.260 e. The molecule has 0 unspecified atom stereocenters. The molecule has 1 atom stereocenters. The molecular formula is C19H20ClN3OS. The molecule has 6 heteroatoms. The molecule has 1 N–H and O–H groups in total. The molecule has 1 aliphatic rings. The molecule has 1 aliphatic heterocycles. The topological polar surface area (TPSA) is 49.0 Å². The molecule has 0 spiro atoms. The average Bonchev–Trinajstić information content (AvgIpc) is 2.99. The normalized spacial score (nSPS) is 18.7. The Hall–Kier alpha value is -1.69. The number of thiophene rings is 1. The molecule has 0 amide bonds. The Balaban J connectivity index is 1.70. The number of halogens is 1. The maximum atomic E-state index is 12.7. The van der Waals surface area contributed by atoms with Crippen LogP contribution in [0.3, 0.4) is 0 Å². The number of H-pyrrole nitrogens is 1. The second-order valence-corrected chi connectivity index (χ2v) is 8.07. The SMILES string of the molecule is C[C@@H]1CCCN(Cc2nc3scc(-c4ccccc4Cl)c3c(=O)[nH]2)C1. The van der Waals surface area contributed by atoms with Crippen LogP contribution in [0.5, 0.6) is 0 Å². The summed E-state index contributed by atoms with van der Waals surface area (Å²) in [7, 11) is 0. The molecule has 2 aromatic heterocycles. The summed E-state index contributed by atoms with van der Waals surface area (Å²) in [5.74, 6) is 1.46. The van der Waals surface area contributed by atoms with Gasteiger partial charge in [0.05, 0.1) is 11.9 Å². The van der Waals surface area contributed by atoms with Crippen LogP contribution in [0.25, 0.3) is 21.3 Å². The molecule has 1 fully saturated rings. The largest absolute Gasteiger partial charge is 0.309 e. The van der Waals surface area contributed by atoms with Gasteiger partial charge in [0, 0.05) is 28.1 Å². The Bertz CT molecular complexity index is 965. The number of nitrogens with zero attached hydrogens (tertiary/aromatic N) is 2. The van der Waals surface area contributed by atoms with Crippen LogP contribution in [0.4, 0.5) is 0 Å². The number of rotatable bonds is 3. The summed E-state index contributed by atoms with van der Waals surface area (Å²) in [6.07, 6.45) is 2.49. The van der Waals surface area contributed by atoms with Gasteiger partial charge in [-0.05, 0) is 31.4 Å². The van der Waals surface area contributed by atoms with Crippen molar-refractivity contribution in [1.29, 1.82) is 0 Å². The van der Waals surface area contributed by atoms with Crippen molar-refractivity contribution in [3.63, 3.8) is 0 Å². The summed E-state index contributed by atoms with van der Waals surface area (Å²) in [4.78, 5) is 23.6. The van der Waals surface area contributed by atoms with E-state index in [1.807, 2.05) is 29.6 Å². The first kappa shape index (κ1) is 16.8. The molecule has 4 nitrogen and oxygen atoms in total. The van der Waals surface area contributed by atoms with Gasteiger partial charge in [-0.3, -0.25) is 9.69 Å². The van der Waals surface area contributed by atoms with Gasteiger partial charge in [0.25, 0.3) is 5.56 Å². The van der Waals surface area contributed by atoms with Gasteiger partial charge in [-0.25, -0.2) is 4.98 Å². The second-order valence-electron chi connectivity index (χ2n) is 6.80. The van der Waals surface area contributed by atoms with Crippen molar-refractivity contribution < 1.29 is 0 Å². The Morgan fingerprint density at radius 3 is 3.00 bits per heavy atom. The van der Waals surface area contributed by atoms with E-state index in [2.05, 4.69) is 16.8 Å². The van der Waals surface area contributed by atoms with Crippen LogP contribution < -0.4 is 5.56 Å². The van der Waals surface area contributed by atoms with E-state index in [1.54, 1.807) is 0 Å². The van der Waals surface area contributed by atoms with Gasteiger partial charge in [0.2, 0.25) is 0 Å². The molecular weight excluding hydrogens is 354 g/mol. The third-order valence-electron chi connectivity index (χ3n) is 4.77. The van der Waals surface area contributed by atoms with Crippen molar-refractivity contribution in [2.45, 2.75) is 26.3 Å². The maximum Gasteiger partial charge on any atom is 0.260 e. The molecule has 130 valence electrons. The maximum absolute atomic E-state index is 12.7. The quantitative estimate of drug-likeness (QED) is 0.733.